The van der Waals surface area contributed by atoms with Crippen LogP contribution in [0.3, 0.4) is 0 Å². The molecule has 1 aliphatic rings. The van der Waals surface area contributed by atoms with Gasteiger partial charge in [0.25, 0.3) is 0 Å². The Morgan fingerprint density at radius 1 is 1.33 bits per heavy atom. The van der Waals surface area contributed by atoms with E-state index in [9.17, 15) is 9.59 Å². The van der Waals surface area contributed by atoms with Crippen LogP contribution in [-0.4, -0.2) is 42.1 Å². The van der Waals surface area contributed by atoms with Crippen molar-refractivity contribution in [1.82, 2.24) is 15.2 Å². The smallest absolute Gasteiger partial charge is 0.407 e. The van der Waals surface area contributed by atoms with E-state index in [1.807, 2.05) is 17.0 Å². The van der Waals surface area contributed by atoms with Gasteiger partial charge in [0.2, 0.25) is 5.91 Å². The molecular weight excluding hydrogens is 270 g/mol. The minimum atomic E-state index is -0.585. The first-order valence-corrected chi connectivity index (χ1v) is 7.23. The molecule has 1 aliphatic heterocycles. The van der Waals surface area contributed by atoms with Crippen LogP contribution < -0.4 is 5.32 Å². The van der Waals surface area contributed by atoms with Crippen molar-refractivity contribution < 1.29 is 14.3 Å². The van der Waals surface area contributed by atoms with Gasteiger partial charge in [0.1, 0.15) is 6.54 Å². The number of amides is 2. The molecule has 2 rings (SSSR count). The Labute approximate surface area is 124 Å². The molecule has 1 aromatic rings. The number of pyridine rings is 1. The fourth-order valence-electron chi connectivity index (χ4n) is 2.66. The fourth-order valence-corrected chi connectivity index (χ4v) is 2.66. The number of carbonyl (C=O) groups is 2. The lowest BCUT2D eigenvalue weighted by atomic mass is 10.0. The number of methoxy groups -OCH3 is 1. The number of hydrogen-bond acceptors (Lipinski definition) is 4. The summed E-state index contributed by atoms with van der Waals surface area (Å²) >= 11 is 0. The summed E-state index contributed by atoms with van der Waals surface area (Å²) in [4.78, 5) is 29.4. The molecule has 6 nitrogen and oxygen atoms in total. The highest BCUT2D eigenvalue weighted by molar-refractivity contribution is 5.82. The lowest BCUT2D eigenvalue weighted by Crippen LogP contribution is -2.42. The summed E-state index contributed by atoms with van der Waals surface area (Å²) < 4.78 is 4.50. The Bertz CT molecular complexity index is 478. The van der Waals surface area contributed by atoms with Crippen molar-refractivity contribution in [1.29, 1.82) is 0 Å². The maximum atomic E-state index is 12.4. The SMILES string of the molecule is COC(=O)NCC(=O)N1CCCCCC1c1ccncc1. The molecule has 1 saturated heterocycles. The van der Waals surface area contributed by atoms with Gasteiger partial charge in [-0.05, 0) is 30.5 Å². The van der Waals surface area contributed by atoms with Gasteiger partial charge in [0.05, 0.1) is 13.2 Å². The van der Waals surface area contributed by atoms with Crippen molar-refractivity contribution in [3.63, 3.8) is 0 Å². The Kier molecular flexibility index (Phi) is 5.54. The molecule has 0 saturated carbocycles. The van der Waals surface area contributed by atoms with Gasteiger partial charge >= 0.3 is 6.09 Å². The molecule has 0 aromatic carbocycles. The Balaban J connectivity index is 2.08. The van der Waals surface area contributed by atoms with Gasteiger partial charge < -0.3 is 15.0 Å². The zero-order chi connectivity index (χ0) is 15.1. The van der Waals surface area contributed by atoms with Gasteiger partial charge in [0, 0.05) is 18.9 Å². The number of alkyl carbamates (subject to hydrolysis) is 1. The maximum absolute atomic E-state index is 12.4. The molecular formula is C15H21N3O3. The highest BCUT2D eigenvalue weighted by Crippen LogP contribution is 2.29. The van der Waals surface area contributed by atoms with Gasteiger partial charge in [-0.2, -0.15) is 0 Å². The number of carbonyl (C=O) groups excluding carboxylic acids is 2. The molecule has 114 valence electrons. The van der Waals surface area contributed by atoms with Crippen molar-refractivity contribution in [3.05, 3.63) is 30.1 Å². The summed E-state index contributed by atoms with van der Waals surface area (Å²) in [5.41, 5.74) is 1.10. The average Bonchev–Trinajstić information content (AvgIpc) is 2.79. The van der Waals surface area contributed by atoms with Crippen LogP contribution in [0.25, 0.3) is 0 Å². The fraction of sp³-hybridized carbons (Fsp3) is 0.533. The van der Waals surface area contributed by atoms with Gasteiger partial charge in [-0.3, -0.25) is 9.78 Å². The molecule has 0 bridgehead atoms. The standard InChI is InChI=1S/C15H21N3O3/c1-21-15(20)17-11-14(19)18-10-4-2-3-5-13(18)12-6-8-16-9-7-12/h6-9,13H,2-5,10-11H2,1H3,(H,17,20). The Morgan fingerprint density at radius 3 is 2.81 bits per heavy atom. The number of ether oxygens (including phenoxy) is 1. The van der Waals surface area contributed by atoms with Crippen molar-refractivity contribution >= 4 is 12.0 Å². The molecule has 1 unspecified atom stereocenters. The highest BCUT2D eigenvalue weighted by atomic mass is 16.5. The van der Waals surface area contributed by atoms with E-state index in [4.69, 9.17) is 0 Å². The largest absolute Gasteiger partial charge is 0.453 e. The number of likely N-dealkylation sites (tertiary alicyclic amines) is 1. The maximum Gasteiger partial charge on any atom is 0.407 e. The normalized spacial score (nSPS) is 18.7. The van der Waals surface area contributed by atoms with Crippen LogP contribution in [0.5, 0.6) is 0 Å². The van der Waals surface area contributed by atoms with Crippen molar-refractivity contribution in [2.45, 2.75) is 31.7 Å². The van der Waals surface area contributed by atoms with Gasteiger partial charge in [-0.15, -0.1) is 0 Å². The van der Waals surface area contributed by atoms with E-state index >= 15 is 0 Å². The zero-order valence-electron chi connectivity index (χ0n) is 12.2. The van der Waals surface area contributed by atoms with E-state index in [-0.39, 0.29) is 18.5 Å². The molecule has 0 spiro atoms. The lowest BCUT2D eigenvalue weighted by molar-refractivity contribution is -0.132. The third-order valence-electron chi connectivity index (χ3n) is 3.73. The van der Waals surface area contributed by atoms with Crippen molar-refractivity contribution in [3.8, 4) is 0 Å². The first-order valence-electron chi connectivity index (χ1n) is 7.23. The second-order valence-corrected chi connectivity index (χ2v) is 5.08. The second kappa shape index (κ2) is 7.61. The van der Waals surface area contributed by atoms with E-state index in [0.717, 1.165) is 31.2 Å². The Morgan fingerprint density at radius 2 is 2.10 bits per heavy atom. The second-order valence-electron chi connectivity index (χ2n) is 5.08. The molecule has 6 heteroatoms. The summed E-state index contributed by atoms with van der Waals surface area (Å²) in [7, 11) is 1.28. The molecule has 2 amide bonds. The first kappa shape index (κ1) is 15.3. The molecule has 2 heterocycles. The minimum absolute atomic E-state index is 0.0335. The summed E-state index contributed by atoms with van der Waals surface area (Å²) in [6.07, 6.45) is 7.06. The number of nitrogens with one attached hydrogen (secondary N) is 1. The lowest BCUT2D eigenvalue weighted by Gasteiger charge is -2.30. The minimum Gasteiger partial charge on any atom is -0.453 e. The summed E-state index contributed by atoms with van der Waals surface area (Å²) in [5, 5.41) is 2.46. The number of aromatic nitrogens is 1. The van der Waals surface area contributed by atoms with Crippen LogP contribution >= 0.6 is 0 Å². The molecule has 1 atom stereocenters. The number of hydrogen-bond donors (Lipinski definition) is 1. The van der Waals surface area contributed by atoms with Crippen LogP contribution in [0.4, 0.5) is 4.79 Å². The molecule has 0 radical (unpaired) electrons. The third kappa shape index (κ3) is 4.18. The number of rotatable bonds is 3. The van der Waals surface area contributed by atoms with Crippen LogP contribution in [0.1, 0.15) is 37.3 Å². The van der Waals surface area contributed by atoms with Crippen molar-refractivity contribution in [2.75, 3.05) is 20.2 Å². The molecule has 1 N–H and O–H groups in total. The Hall–Kier alpha value is -2.11. The molecule has 0 aliphatic carbocycles. The number of nitrogens with zero attached hydrogens (tertiary/aromatic N) is 2. The van der Waals surface area contributed by atoms with Gasteiger partial charge in [0.15, 0.2) is 0 Å². The monoisotopic (exact) mass is 291 g/mol. The summed E-state index contributed by atoms with van der Waals surface area (Å²) in [5.74, 6) is -0.0795. The van der Waals surface area contributed by atoms with Gasteiger partial charge in [-0.1, -0.05) is 12.8 Å². The van der Waals surface area contributed by atoms with E-state index in [1.54, 1.807) is 12.4 Å². The quantitative estimate of drug-likeness (QED) is 0.923. The topological polar surface area (TPSA) is 71.5 Å². The van der Waals surface area contributed by atoms with Crippen LogP contribution in [0.15, 0.2) is 24.5 Å². The average molecular weight is 291 g/mol. The zero-order valence-corrected chi connectivity index (χ0v) is 12.2. The first-order chi connectivity index (χ1) is 10.2. The van der Waals surface area contributed by atoms with Crippen LogP contribution in [0.2, 0.25) is 0 Å². The van der Waals surface area contributed by atoms with Gasteiger partial charge in [-0.25, -0.2) is 4.79 Å². The summed E-state index contributed by atoms with van der Waals surface area (Å²) in [6, 6.07) is 3.95. The molecule has 1 aromatic heterocycles. The van der Waals surface area contributed by atoms with E-state index < -0.39 is 6.09 Å². The third-order valence-corrected chi connectivity index (χ3v) is 3.73. The van der Waals surface area contributed by atoms with E-state index in [1.165, 1.54) is 7.11 Å². The van der Waals surface area contributed by atoms with Crippen molar-refractivity contribution in [2.24, 2.45) is 0 Å². The molecule has 1 fully saturated rings. The van der Waals surface area contributed by atoms with E-state index in [0.29, 0.717) is 6.54 Å². The summed E-state index contributed by atoms with van der Waals surface area (Å²) in [6.45, 7) is 0.683. The van der Waals surface area contributed by atoms with Crippen LogP contribution in [-0.2, 0) is 9.53 Å². The van der Waals surface area contributed by atoms with E-state index in [2.05, 4.69) is 15.0 Å². The predicted octanol–water partition coefficient (Wildman–Crippen LogP) is 1.88. The predicted molar refractivity (Wildman–Crippen MR) is 77.6 cm³/mol. The van der Waals surface area contributed by atoms with Crippen LogP contribution in [0, 0.1) is 0 Å². The molecule has 21 heavy (non-hydrogen) atoms. The highest BCUT2D eigenvalue weighted by Gasteiger charge is 2.26.